The number of anilines is 2. The minimum absolute atomic E-state index is 0.0498. The highest BCUT2D eigenvalue weighted by Crippen LogP contribution is 2.48. The molecule has 3 aromatic carbocycles. The largest absolute Gasteiger partial charge is 0.311 e. The van der Waals surface area contributed by atoms with E-state index in [4.69, 9.17) is 34.8 Å². The second-order valence-electron chi connectivity index (χ2n) is 9.80. The molecule has 0 saturated carbocycles. The van der Waals surface area contributed by atoms with Gasteiger partial charge in [0.1, 0.15) is 5.82 Å². The Morgan fingerprint density at radius 1 is 0.857 bits per heavy atom. The average Bonchev–Trinajstić information content (AvgIpc) is 3.17. The fourth-order valence-corrected chi connectivity index (χ4v) is 6.92. The molecule has 6 rings (SSSR count). The molecule has 0 spiro atoms. The van der Waals surface area contributed by atoms with E-state index in [9.17, 15) is 9.18 Å². The van der Waals surface area contributed by atoms with Gasteiger partial charge in [0.15, 0.2) is 0 Å². The minimum Gasteiger partial charge on any atom is -0.311 e. The Hall–Kier alpha value is -2.11. The SMILES string of the molecule is O=C1CCc2c(-c3ccc(F)cc3Cl)cc(C3CC4CCC(C3)N4)cc2N1c1c(Cl)cccc1Cl. The fraction of sp³-hybridized carbons (Fsp3) is 0.321. The number of nitrogens with one attached hydrogen (secondary N) is 1. The first-order valence-electron chi connectivity index (χ1n) is 12.0. The maximum absolute atomic E-state index is 13.9. The molecule has 3 nitrogen and oxygen atoms in total. The summed E-state index contributed by atoms with van der Waals surface area (Å²) in [5, 5.41) is 4.91. The fourth-order valence-electron chi connectivity index (χ4n) is 6.08. The van der Waals surface area contributed by atoms with Gasteiger partial charge in [-0.15, -0.1) is 0 Å². The van der Waals surface area contributed by atoms with Gasteiger partial charge >= 0.3 is 0 Å². The van der Waals surface area contributed by atoms with Crippen LogP contribution in [0.1, 0.15) is 49.1 Å². The Labute approximate surface area is 219 Å². The van der Waals surface area contributed by atoms with Crippen LogP contribution < -0.4 is 10.2 Å². The van der Waals surface area contributed by atoms with Crippen molar-refractivity contribution in [3.63, 3.8) is 0 Å². The van der Waals surface area contributed by atoms with Crippen LogP contribution in [0.2, 0.25) is 15.1 Å². The number of halogens is 4. The summed E-state index contributed by atoms with van der Waals surface area (Å²) >= 11 is 19.7. The van der Waals surface area contributed by atoms with Gasteiger partial charge < -0.3 is 5.32 Å². The maximum Gasteiger partial charge on any atom is 0.231 e. The van der Waals surface area contributed by atoms with E-state index in [0.717, 1.165) is 35.2 Å². The first-order valence-corrected chi connectivity index (χ1v) is 13.2. The van der Waals surface area contributed by atoms with E-state index in [1.165, 1.54) is 30.5 Å². The Kier molecular flexibility index (Phi) is 6.04. The number of benzene rings is 3. The van der Waals surface area contributed by atoms with Crippen LogP contribution in [0, 0.1) is 5.82 Å². The quantitative estimate of drug-likeness (QED) is 0.372. The van der Waals surface area contributed by atoms with E-state index in [1.807, 2.05) is 0 Å². The summed E-state index contributed by atoms with van der Waals surface area (Å²) in [6, 6.07) is 15.1. The molecule has 7 heteroatoms. The molecule has 2 fully saturated rings. The Balaban J connectivity index is 1.58. The van der Waals surface area contributed by atoms with Crippen molar-refractivity contribution in [1.29, 1.82) is 0 Å². The van der Waals surface area contributed by atoms with E-state index in [1.54, 1.807) is 29.2 Å². The molecule has 0 radical (unpaired) electrons. The van der Waals surface area contributed by atoms with Crippen LogP contribution in [-0.2, 0) is 11.2 Å². The third kappa shape index (κ3) is 4.15. The van der Waals surface area contributed by atoms with Crippen LogP contribution in [0.15, 0.2) is 48.5 Å². The van der Waals surface area contributed by atoms with E-state index in [2.05, 4.69) is 17.4 Å². The van der Waals surface area contributed by atoms with Gasteiger partial charge in [-0.05, 0) is 91.1 Å². The monoisotopic (exact) mass is 528 g/mol. The van der Waals surface area contributed by atoms with E-state index in [-0.39, 0.29) is 11.7 Å². The van der Waals surface area contributed by atoms with Crippen molar-refractivity contribution in [2.75, 3.05) is 4.90 Å². The van der Waals surface area contributed by atoms with Gasteiger partial charge in [0.05, 0.1) is 26.4 Å². The smallest absolute Gasteiger partial charge is 0.231 e. The van der Waals surface area contributed by atoms with Crippen LogP contribution >= 0.6 is 34.8 Å². The van der Waals surface area contributed by atoms with Gasteiger partial charge in [-0.3, -0.25) is 9.69 Å². The van der Waals surface area contributed by atoms with E-state index >= 15 is 0 Å². The molecule has 180 valence electrons. The first kappa shape index (κ1) is 23.3. The summed E-state index contributed by atoms with van der Waals surface area (Å²) in [5.74, 6) is -0.0674. The van der Waals surface area contributed by atoms with Crippen molar-refractivity contribution in [2.24, 2.45) is 0 Å². The minimum atomic E-state index is -0.377. The second kappa shape index (κ2) is 9.08. The van der Waals surface area contributed by atoms with Crippen LogP contribution in [0.4, 0.5) is 15.8 Å². The Bertz CT molecular complexity index is 1310. The summed E-state index contributed by atoms with van der Waals surface area (Å²) in [6.07, 6.45) is 5.37. The number of carbonyl (C=O) groups is 1. The van der Waals surface area contributed by atoms with E-state index < -0.39 is 0 Å². The van der Waals surface area contributed by atoms with Crippen molar-refractivity contribution < 1.29 is 9.18 Å². The number of piperidine rings is 1. The number of rotatable bonds is 3. The van der Waals surface area contributed by atoms with Crippen molar-refractivity contribution in [3.8, 4) is 11.1 Å². The first-order chi connectivity index (χ1) is 16.9. The Morgan fingerprint density at radius 2 is 1.57 bits per heavy atom. The number of fused-ring (bicyclic) bond motifs is 3. The summed E-state index contributed by atoms with van der Waals surface area (Å²) < 4.78 is 13.9. The highest BCUT2D eigenvalue weighted by molar-refractivity contribution is 6.40. The lowest BCUT2D eigenvalue weighted by atomic mass is 9.82. The van der Waals surface area contributed by atoms with Crippen LogP contribution in [0.25, 0.3) is 11.1 Å². The number of amides is 1. The molecule has 3 aliphatic heterocycles. The third-order valence-corrected chi connectivity index (χ3v) is 8.58. The van der Waals surface area contributed by atoms with Gasteiger partial charge in [0.25, 0.3) is 0 Å². The molecular weight excluding hydrogens is 506 g/mol. The average molecular weight is 530 g/mol. The molecular formula is C28H24Cl3FN2O. The third-order valence-electron chi connectivity index (χ3n) is 7.65. The lowest BCUT2D eigenvalue weighted by Crippen LogP contribution is -2.37. The number of para-hydroxylation sites is 1. The molecule has 3 heterocycles. The van der Waals surface area contributed by atoms with Gasteiger partial charge in [0.2, 0.25) is 5.91 Å². The zero-order chi connectivity index (χ0) is 24.3. The lowest BCUT2D eigenvalue weighted by Gasteiger charge is -2.35. The standard InChI is InChI=1S/C28H24Cl3FN2O/c29-23-2-1-3-24(30)28(23)34-26-13-16(15-10-18-5-6-19(11-15)33-18)12-22(21(26)8-9-27(34)35)20-7-4-17(32)14-25(20)31/h1-4,7,12-15,18-19,33H,5-6,8-11H2. The molecule has 2 atom stereocenters. The van der Waals surface area contributed by atoms with Gasteiger partial charge in [-0.2, -0.15) is 0 Å². The molecule has 2 saturated heterocycles. The highest BCUT2D eigenvalue weighted by atomic mass is 35.5. The normalized spacial score (nSPS) is 23.5. The molecule has 35 heavy (non-hydrogen) atoms. The van der Waals surface area contributed by atoms with Crippen LogP contribution in [0.5, 0.6) is 0 Å². The van der Waals surface area contributed by atoms with Crippen LogP contribution in [-0.4, -0.2) is 18.0 Å². The van der Waals surface area contributed by atoms with Crippen molar-refractivity contribution in [3.05, 3.63) is 80.5 Å². The summed E-state index contributed by atoms with van der Waals surface area (Å²) in [6.45, 7) is 0. The molecule has 0 aromatic heterocycles. The molecule has 1 N–H and O–H groups in total. The summed E-state index contributed by atoms with van der Waals surface area (Å²) in [5.41, 5.74) is 5.15. The van der Waals surface area contributed by atoms with Crippen LogP contribution in [0.3, 0.4) is 0 Å². The molecule has 0 aliphatic carbocycles. The van der Waals surface area contributed by atoms with Gasteiger partial charge in [-0.1, -0.05) is 46.9 Å². The topological polar surface area (TPSA) is 32.3 Å². The number of hydrogen-bond acceptors (Lipinski definition) is 2. The zero-order valence-electron chi connectivity index (χ0n) is 19.0. The van der Waals surface area contributed by atoms with Crippen molar-refractivity contribution in [2.45, 2.75) is 56.5 Å². The van der Waals surface area contributed by atoms with Gasteiger partial charge in [-0.25, -0.2) is 4.39 Å². The number of hydrogen-bond donors (Lipinski definition) is 1. The van der Waals surface area contributed by atoms with E-state index in [0.29, 0.717) is 51.6 Å². The zero-order valence-corrected chi connectivity index (χ0v) is 21.2. The Morgan fingerprint density at radius 3 is 2.26 bits per heavy atom. The highest BCUT2D eigenvalue weighted by Gasteiger charge is 2.36. The molecule has 3 aliphatic rings. The van der Waals surface area contributed by atoms with Crippen molar-refractivity contribution >= 4 is 52.1 Å². The molecule has 2 bridgehead atoms. The number of carbonyl (C=O) groups excluding carboxylic acids is 1. The van der Waals surface area contributed by atoms with Gasteiger partial charge in [0, 0.05) is 24.1 Å². The second-order valence-corrected chi connectivity index (χ2v) is 11.0. The molecule has 3 aromatic rings. The summed E-state index contributed by atoms with van der Waals surface area (Å²) in [7, 11) is 0. The summed E-state index contributed by atoms with van der Waals surface area (Å²) in [4.78, 5) is 15.0. The maximum atomic E-state index is 13.9. The predicted octanol–water partition coefficient (Wildman–Crippen LogP) is 8.06. The lowest BCUT2D eigenvalue weighted by molar-refractivity contribution is -0.118. The predicted molar refractivity (Wildman–Crippen MR) is 141 cm³/mol. The van der Waals surface area contributed by atoms with Crippen molar-refractivity contribution in [1.82, 2.24) is 5.32 Å². The molecule has 1 amide bonds. The number of nitrogens with zero attached hydrogens (tertiary/aromatic N) is 1. The molecule has 2 unspecified atom stereocenters.